The van der Waals surface area contributed by atoms with E-state index in [2.05, 4.69) is 22.1 Å². The summed E-state index contributed by atoms with van der Waals surface area (Å²) in [7, 11) is -1.11. The van der Waals surface area contributed by atoms with E-state index in [1.54, 1.807) is 4.31 Å². The van der Waals surface area contributed by atoms with Gasteiger partial charge in [-0.15, -0.1) is 0 Å². The van der Waals surface area contributed by atoms with E-state index in [9.17, 15) is 8.42 Å². The molecule has 19 heavy (non-hydrogen) atoms. The highest BCUT2D eigenvalue weighted by atomic mass is 32.2. The van der Waals surface area contributed by atoms with Crippen LogP contribution in [0, 0.1) is 5.92 Å². The second kappa shape index (κ2) is 6.07. The molecule has 0 radical (unpaired) electrons. The summed E-state index contributed by atoms with van der Waals surface area (Å²) in [6, 6.07) is 4.15. The van der Waals surface area contributed by atoms with Gasteiger partial charge in [-0.3, -0.25) is 0 Å². The van der Waals surface area contributed by atoms with E-state index in [1.807, 2.05) is 13.1 Å². The largest absolute Gasteiger partial charge is 0.350 e. The highest BCUT2D eigenvalue weighted by Crippen LogP contribution is 2.21. The zero-order chi connectivity index (χ0) is 13.9. The maximum atomic E-state index is 11.6. The van der Waals surface area contributed by atoms with E-state index in [4.69, 9.17) is 0 Å². The lowest BCUT2D eigenvalue weighted by atomic mass is 9.99. The molecule has 5 nitrogen and oxygen atoms in total. The van der Waals surface area contributed by atoms with Crippen molar-refractivity contribution in [3.63, 3.8) is 0 Å². The smallest absolute Gasteiger partial charge is 0.211 e. The molecule has 1 aromatic rings. The molecule has 0 saturated carbocycles. The molecule has 0 bridgehead atoms. The van der Waals surface area contributed by atoms with E-state index in [0.717, 1.165) is 25.9 Å². The number of hydrogen-bond donors (Lipinski definition) is 1. The van der Waals surface area contributed by atoms with Gasteiger partial charge in [-0.2, -0.15) is 0 Å². The first kappa shape index (κ1) is 14.6. The average Bonchev–Trinajstić information content (AvgIpc) is 2.77. The van der Waals surface area contributed by atoms with Crippen LogP contribution in [-0.4, -0.2) is 43.7 Å². The lowest BCUT2D eigenvalue weighted by Crippen LogP contribution is -2.40. The molecule has 0 aromatic carbocycles. The van der Waals surface area contributed by atoms with Gasteiger partial charge >= 0.3 is 0 Å². The number of nitrogens with zero attached hydrogens (tertiary/aromatic N) is 2. The zero-order valence-corrected chi connectivity index (χ0v) is 12.5. The van der Waals surface area contributed by atoms with E-state index in [0.29, 0.717) is 19.0 Å². The van der Waals surface area contributed by atoms with Crippen LogP contribution in [0.15, 0.2) is 18.3 Å². The SMILES string of the molecule is CNCc1cccn1CC1CCCN(S(C)(=O)=O)C1. The van der Waals surface area contributed by atoms with E-state index in [1.165, 1.54) is 11.9 Å². The minimum Gasteiger partial charge on any atom is -0.350 e. The monoisotopic (exact) mass is 285 g/mol. The summed E-state index contributed by atoms with van der Waals surface area (Å²) < 4.78 is 27.1. The van der Waals surface area contributed by atoms with Crippen molar-refractivity contribution in [3.05, 3.63) is 24.0 Å². The summed E-state index contributed by atoms with van der Waals surface area (Å²) in [4.78, 5) is 0. The van der Waals surface area contributed by atoms with Crippen molar-refractivity contribution in [1.82, 2.24) is 14.2 Å². The molecule has 6 heteroatoms. The van der Waals surface area contributed by atoms with Crippen LogP contribution in [0.5, 0.6) is 0 Å². The van der Waals surface area contributed by atoms with E-state index < -0.39 is 10.0 Å². The number of piperidine rings is 1. The Kier molecular flexibility index (Phi) is 4.65. The van der Waals surface area contributed by atoms with Crippen LogP contribution in [-0.2, 0) is 23.1 Å². The van der Waals surface area contributed by atoms with Crippen LogP contribution in [0.25, 0.3) is 0 Å². The molecule has 1 aliphatic rings. The minimum atomic E-state index is -3.05. The molecule has 1 saturated heterocycles. The molecule has 1 unspecified atom stereocenters. The Bertz CT molecular complexity index is 510. The molecule has 0 amide bonds. The van der Waals surface area contributed by atoms with Crippen molar-refractivity contribution in [1.29, 1.82) is 0 Å². The van der Waals surface area contributed by atoms with Crippen LogP contribution >= 0.6 is 0 Å². The van der Waals surface area contributed by atoms with Crippen molar-refractivity contribution < 1.29 is 8.42 Å². The van der Waals surface area contributed by atoms with Crippen LogP contribution < -0.4 is 5.32 Å². The maximum Gasteiger partial charge on any atom is 0.211 e. The van der Waals surface area contributed by atoms with Gasteiger partial charge in [0, 0.05) is 38.1 Å². The summed E-state index contributed by atoms with van der Waals surface area (Å²) in [6.07, 6.45) is 5.44. The fourth-order valence-corrected chi connectivity index (χ4v) is 3.67. The molecule has 1 N–H and O–H groups in total. The Morgan fingerprint density at radius 2 is 2.26 bits per heavy atom. The normalized spacial score (nSPS) is 21.7. The first-order chi connectivity index (χ1) is 9.00. The van der Waals surface area contributed by atoms with Crippen molar-refractivity contribution in [2.75, 3.05) is 26.4 Å². The Hall–Kier alpha value is -0.850. The summed E-state index contributed by atoms with van der Waals surface area (Å²) in [5, 5.41) is 3.15. The highest BCUT2D eigenvalue weighted by Gasteiger charge is 2.26. The van der Waals surface area contributed by atoms with Gasteiger partial charge in [-0.1, -0.05) is 0 Å². The van der Waals surface area contributed by atoms with Crippen LogP contribution in [0.4, 0.5) is 0 Å². The average molecular weight is 285 g/mol. The van der Waals surface area contributed by atoms with Crippen molar-refractivity contribution >= 4 is 10.0 Å². The number of aromatic nitrogens is 1. The van der Waals surface area contributed by atoms with Gasteiger partial charge in [0.2, 0.25) is 10.0 Å². The molecule has 1 fully saturated rings. The first-order valence-corrected chi connectivity index (χ1v) is 8.59. The molecule has 0 aliphatic carbocycles. The Morgan fingerprint density at radius 1 is 1.47 bits per heavy atom. The lowest BCUT2D eigenvalue weighted by Gasteiger charge is -2.31. The molecule has 0 spiro atoms. The van der Waals surface area contributed by atoms with Gasteiger partial charge in [0.1, 0.15) is 0 Å². The molecule has 1 atom stereocenters. The minimum absolute atomic E-state index is 0.409. The predicted molar refractivity (Wildman–Crippen MR) is 76.3 cm³/mol. The topological polar surface area (TPSA) is 54.3 Å². The van der Waals surface area contributed by atoms with Gasteiger partial charge in [0.25, 0.3) is 0 Å². The molecule has 2 heterocycles. The summed E-state index contributed by atoms with van der Waals surface area (Å²) in [5.74, 6) is 0.409. The third-order valence-electron chi connectivity index (χ3n) is 3.69. The quantitative estimate of drug-likeness (QED) is 0.874. The molecule has 2 rings (SSSR count). The third-order valence-corrected chi connectivity index (χ3v) is 4.96. The molecule has 1 aromatic heterocycles. The molecular formula is C13H23N3O2S. The Labute approximate surface area is 115 Å². The van der Waals surface area contributed by atoms with Gasteiger partial charge in [-0.25, -0.2) is 12.7 Å². The summed E-state index contributed by atoms with van der Waals surface area (Å²) in [6.45, 7) is 3.06. The first-order valence-electron chi connectivity index (χ1n) is 6.74. The van der Waals surface area contributed by atoms with E-state index >= 15 is 0 Å². The van der Waals surface area contributed by atoms with Crippen LogP contribution in [0.2, 0.25) is 0 Å². The maximum absolute atomic E-state index is 11.6. The van der Waals surface area contributed by atoms with Crippen molar-refractivity contribution in [2.45, 2.75) is 25.9 Å². The highest BCUT2D eigenvalue weighted by molar-refractivity contribution is 7.88. The zero-order valence-electron chi connectivity index (χ0n) is 11.7. The fraction of sp³-hybridized carbons (Fsp3) is 0.692. The molecule has 1 aliphatic heterocycles. The number of rotatable bonds is 5. The number of hydrogen-bond acceptors (Lipinski definition) is 3. The third kappa shape index (κ3) is 3.81. The Morgan fingerprint density at radius 3 is 2.95 bits per heavy atom. The standard InChI is InChI=1S/C13H23N3O2S/c1-14-9-13-6-4-7-15(13)10-12-5-3-8-16(11-12)19(2,17)18/h4,6-7,12,14H,3,5,8-11H2,1-2H3. The van der Waals surface area contributed by atoms with Crippen LogP contribution in [0.3, 0.4) is 0 Å². The second-order valence-corrected chi connectivity index (χ2v) is 7.29. The van der Waals surface area contributed by atoms with Gasteiger partial charge in [0.05, 0.1) is 6.26 Å². The number of sulfonamides is 1. The van der Waals surface area contributed by atoms with Gasteiger partial charge in [-0.05, 0) is 37.9 Å². The molecule has 108 valence electrons. The van der Waals surface area contributed by atoms with Gasteiger partial charge in [0.15, 0.2) is 0 Å². The summed E-state index contributed by atoms with van der Waals surface area (Å²) in [5.41, 5.74) is 1.25. The van der Waals surface area contributed by atoms with Crippen LogP contribution in [0.1, 0.15) is 18.5 Å². The molecular weight excluding hydrogens is 262 g/mol. The Balaban J connectivity index is 2.01. The second-order valence-electron chi connectivity index (χ2n) is 5.31. The van der Waals surface area contributed by atoms with Gasteiger partial charge < -0.3 is 9.88 Å². The summed E-state index contributed by atoms with van der Waals surface area (Å²) >= 11 is 0. The predicted octanol–water partition coefficient (Wildman–Crippen LogP) is 0.879. The van der Waals surface area contributed by atoms with E-state index in [-0.39, 0.29) is 0 Å². The van der Waals surface area contributed by atoms with Crippen molar-refractivity contribution in [3.8, 4) is 0 Å². The number of nitrogens with one attached hydrogen (secondary N) is 1. The fourth-order valence-electron chi connectivity index (χ4n) is 2.72. The lowest BCUT2D eigenvalue weighted by molar-refractivity contribution is 0.245. The van der Waals surface area contributed by atoms with Crippen molar-refractivity contribution in [2.24, 2.45) is 5.92 Å².